The molecule has 0 spiro atoms. The average molecular weight is 250 g/mol. The highest BCUT2D eigenvalue weighted by Gasteiger charge is 2.42. The smallest absolute Gasteiger partial charge is 0.331 e. The van der Waals surface area contributed by atoms with Crippen LogP contribution in [0.15, 0.2) is 23.8 Å². The highest BCUT2D eigenvalue weighted by Crippen LogP contribution is 2.47. The van der Waals surface area contributed by atoms with Crippen molar-refractivity contribution in [2.45, 2.75) is 39.2 Å². The molecule has 0 aromatic carbocycles. The van der Waals surface area contributed by atoms with E-state index in [1.807, 2.05) is 6.92 Å². The molecule has 3 nitrogen and oxygen atoms in total. The molecule has 4 unspecified atom stereocenters. The van der Waals surface area contributed by atoms with E-state index in [2.05, 4.69) is 19.6 Å². The molecule has 2 aliphatic rings. The van der Waals surface area contributed by atoms with E-state index >= 15 is 0 Å². The number of hydrogen-bond acceptors (Lipinski definition) is 2. The third kappa shape index (κ3) is 2.24. The fourth-order valence-corrected chi connectivity index (χ4v) is 3.58. The van der Waals surface area contributed by atoms with Crippen LogP contribution >= 0.6 is 0 Å². The lowest BCUT2D eigenvalue weighted by molar-refractivity contribution is -0.133. The van der Waals surface area contributed by atoms with Crippen LogP contribution in [0.5, 0.6) is 0 Å². The Morgan fingerprint density at radius 1 is 1.44 bits per heavy atom. The first-order valence-electron chi connectivity index (χ1n) is 6.70. The van der Waals surface area contributed by atoms with Gasteiger partial charge in [-0.2, -0.15) is 0 Å². The Labute approximate surface area is 108 Å². The lowest BCUT2D eigenvalue weighted by Gasteiger charge is -2.44. The molecule has 100 valence electrons. The Morgan fingerprint density at radius 2 is 2.11 bits per heavy atom. The predicted molar refractivity (Wildman–Crippen MR) is 70.0 cm³/mol. The molecular formula is C15H22O3. The summed E-state index contributed by atoms with van der Waals surface area (Å²) in [7, 11) is 0. The van der Waals surface area contributed by atoms with E-state index < -0.39 is 5.97 Å². The maximum absolute atomic E-state index is 11.1. The zero-order chi connectivity index (χ0) is 13.4. The quantitative estimate of drug-likeness (QED) is 0.585. The molecule has 0 heterocycles. The molecule has 2 rings (SSSR count). The summed E-state index contributed by atoms with van der Waals surface area (Å²) in [6, 6.07) is 0. The standard InChI is InChI=1S/C15H22O3/c1-8-4-5-11(10(3)15(17)18)13-6-9(2)14(16)7-12(8)13/h6,8,11-14,16H,3-5,7H2,1-2H3,(H,17,18)/t8?,11?,12?,13?,14-/m0/s1. The number of aliphatic hydroxyl groups is 1. The molecule has 0 aromatic rings. The normalized spacial score (nSPS) is 39.7. The van der Waals surface area contributed by atoms with Gasteiger partial charge in [-0.05, 0) is 55.4 Å². The van der Waals surface area contributed by atoms with Crippen LogP contribution in [-0.4, -0.2) is 22.3 Å². The fraction of sp³-hybridized carbons (Fsp3) is 0.667. The van der Waals surface area contributed by atoms with E-state index in [1.165, 1.54) is 0 Å². The van der Waals surface area contributed by atoms with Crippen molar-refractivity contribution in [1.82, 2.24) is 0 Å². The van der Waals surface area contributed by atoms with Gasteiger partial charge in [0, 0.05) is 5.57 Å². The molecule has 2 aliphatic carbocycles. The minimum atomic E-state index is -0.884. The van der Waals surface area contributed by atoms with Gasteiger partial charge in [0.1, 0.15) is 0 Å². The van der Waals surface area contributed by atoms with Crippen molar-refractivity contribution in [2.24, 2.45) is 23.7 Å². The van der Waals surface area contributed by atoms with Crippen molar-refractivity contribution in [2.75, 3.05) is 0 Å². The topological polar surface area (TPSA) is 57.5 Å². The molecular weight excluding hydrogens is 228 g/mol. The number of hydrogen-bond donors (Lipinski definition) is 2. The van der Waals surface area contributed by atoms with E-state index in [4.69, 9.17) is 5.11 Å². The third-order valence-electron chi connectivity index (χ3n) is 4.82. The molecule has 0 bridgehead atoms. The van der Waals surface area contributed by atoms with Gasteiger partial charge >= 0.3 is 5.97 Å². The molecule has 5 atom stereocenters. The summed E-state index contributed by atoms with van der Waals surface area (Å²) in [4.78, 5) is 11.1. The predicted octanol–water partition coefficient (Wildman–Crippen LogP) is 2.62. The summed E-state index contributed by atoms with van der Waals surface area (Å²) < 4.78 is 0. The van der Waals surface area contributed by atoms with E-state index in [9.17, 15) is 9.90 Å². The lowest BCUT2D eigenvalue weighted by Crippen LogP contribution is -2.39. The van der Waals surface area contributed by atoms with Gasteiger partial charge in [-0.1, -0.05) is 19.6 Å². The van der Waals surface area contributed by atoms with Gasteiger partial charge in [-0.25, -0.2) is 4.79 Å². The van der Waals surface area contributed by atoms with E-state index in [-0.39, 0.29) is 17.9 Å². The second-order valence-corrected chi connectivity index (χ2v) is 5.89. The molecule has 3 heteroatoms. The van der Waals surface area contributed by atoms with Crippen molar-refractivity contribution < 1.29 is 15.0 Å². The molecule has 0 saturated heterocycles. The number of carbonyl (C=O) groups is 1. The monoisotopic (exact) mass is 250 g/mol. The lowest BCUT2D eigenvalue weighted by atomic mass is 9.61. The Bertz CT molecular complexity index is 397. The largest absolute Gasteiger partial charge is 0.478 e. The molecule has 0 aromatic heterocycles. The van der Waals surface area contributed by atoms with E-state index in [1.54, 1.807) is 0 Å². The number of aliphatic carboxylic acids is 1. The summed E-state index contributed by atoms with van der Waals surface area (Å²) in [5.41, 5.74) is 1.31. The van der Waals surface area contributed by atoms with Crippen LogP contribution in [0.1, 0.15) is 33.1 Å². The maximum Gasteiger partial charge on any atom is 0.331 e. The van der Waals surface area contributed by atoms with Gasteiger partial charge in [0.15, 0.2) is 0 Å². The second kappa shape index (κ2) is 4.88. The summed E-state index contributed by atoms with van der Waals surface area (Å²) in [5.74, 6) is 0.322. The van der Waals surface area contributed by atoms with Gasteiger partial charge < -0.3 is 10.2 Å². The summed E-state index contributed by atoms with van der Waals surface area (Å²) in [6.07, 6.45) is 4.42. The van der Waals surface area contributed by atoms with Crippen LogP contribution in [0.2, 0.25) is 0 Å². The number of allylic oxidation sites excluding steroid dienone is 1. The first-order chi connectivity index (χ1) is 8.41. The van der Waals surface area contributed by atoms with Crippen LogP contribution in [0.3, 0.4) is 0 Å². The number of aliphatic hydroxyl groups excluding tert-OH is 1. The third-order valence-corrected chi connectivity index (χ3v) is 4.82. The van der Waals surface area contributed by atoms with Crippen molar-refractivity contribution in [3.05, 3.63) is 23.8 Å². The van der Waals surface area contributed by atoms with Gasteiger partial charge in [-0.15, -0.1) is 0 Å². The number of fused-ring (bicyclic) bond motifs is 1. The van der Waals surface area contributed by atoms with Crippen LogP contribution in [-0.2, 0) is 4.79 Å². The van der Waals surface area contributed by atoms with E-state index in [0.717, 1.165) is 24.8 Å². The van der Waals surface area contributed by atoms with Crippen molar-refractivity contribution in [1.29, 1.82) is 0 Å². The van der Waals surface area contributed by atoms with Crippen molar-refractivity contribution in [3.8, 4) is 0 Å². The zero-order valence-electron chi connectivity index (χ0n) is 11.1. The number of carboxylic acids is 1. The summed E-state index contributed by atoms with van der Waals surface area (Å²) in [5, 5.41) is 19.1. The molecule has 18 heavy (non-hydrogen) atoms. The SMILES string of the molecule is C=C(C(=O)O)C1CCC(C)C2C[C@H](O)C(C)=CC12. The molecule has 0 aliphatic heterocycles. The highest BCUT2D eigenvalue weighted by atomic mass is 16.4. The average Bonchev–Trinajstić information content (AvgIpc) is 2.31. The Morgan fingerprint density at radius 3 is 2.72 bits per heavy atom. The first kappa shape index (κ1) is 13.3. The molecule has 1 fully saturated rings. The Hall–Kier alpha value is -1.09. The van der Waals surface area contributed by atoms with Crippen molar-refractivity contribution in [3.63, 3.8) is 0 Å². The summed E-state index contributed by atoms with van der Waals surface area (Å²) >= 11 is 0. The summed E-state index contributed by atoms with van der Waals surface area (Å²) in [6.45, 7) is 7.88. The van der Waals surface area contributed by atoms with Crippen LogP contribution in [0, 0.1) is 23.7 Å². The minimum absolute atomic E-state index is 0.0335. The molecule has 1 saturated carbocycles. The minimum Gasteiger partial charge on any atom is -0.478 e. The molecule has 0 radical (unpaired) electrons. The molecule has 0 amide bonds. The Balaban J connectivity index is 2.29. The molecule has 2 N–H and O–H groups in total. The van der Waals surface area contributed by atoms with E-state index in [0.29, 0.717) is 17.4 Å². The van der Waals surface area contributed by atoms with Crippen LogP contribution < -0.4 is 0 Å². The zero-order valence-corrected chi connectivity index (χ0v) is 11.1. The highest BCUT2D eigenvalue weighted by molar-refractivity contribution is 5.86. The van der Waals surface area contributed by atoms with Gasteiger partial charge in [0.05, 0.1) is 6.10 Å². The van der Waals surface area contributed by atoms with Crippen LogP contribution in [0.4, 0.5) is 0 Å². The van der Waals surface area contributed by atoms with Gasteiger partial charge in [-0.3, -0.25) is 0 Å². The Kier molecular flexibility index (Phi) is 3.62. The second-order valence-electron chi connectivity index (χ2n) is 5.89. The fourth-order valence-electron chi connectivity index (χ4n) is 3.58. The van der Waals surface area contributed by atoms with Gasteiger partial charge in [0.25, 0.3) is 0 Å². The first-order valence-corrected chi connectivity index (χ1v) is 6.70. The maximum atomic E-state index is 11.1. The number of rotatable bonds is 2. The van der Waals surface area contributed by atoms with Gasteiger partial charge in [0.2, 0.25) is 0 Å². The number of carboxylic acid groups (broad SMARTS) is 1. The van der Waals surface area contributed by atoms with Crippen LogP contribution in [0.25, 0.3) is 0 Å². The van der Waals surface area contributed by atoms with Crippen molar-refractivity contribution >= 4 is 5.97 Å².